The normalized spacial score (nSPS) is 14.5. The average molecular weight is 432 g/mol. The van der Waals surface area contributed by atoms with Crippen LogP contribution in [-0.2, 0) is 13.6 Å². The molecule has 0 N–H and O–H groups in total. The van der Waals surface area contributed by atoms with Crippen molar-refractivity contribution in [1.82, 2.24) is 19.7 Å². The van der Waals surface area contributed by atoms with E-state index in [1.807, 2.05) is 23.9 Å². The van der Waals surface area contributed by atoms with Crippen molar-refractivity contribution in [3.63, 3.8) is 0 Å². The van der Waals surface area contributed by atoms with Crippen molar-refractivity contribution < 1.29 is 9.13 Å². The second-order valence-electron chi connectivity index (χ2n) is 7.40. The van der Waals surface area contributed by atoms with E-state index in [-0.39, 0.29) is 18.2 Å². The van der Waals surface area contributed by atoms with E-state index in [1.54, 1.807) is 19.4 Å². The Labute approximate surface area is 182 Å². The van der Waals surface area contributed by atoms with E-state index in [9.17, 15) is 4.39 Å². The average Bonchev–Trinajstić information content (AvgIpc) is 3.05. The molecule has 30 heavy (non-hydrogen) atoms. The summed E-state index contributed by atoms with van der Waals surface area (Å²) in [7, 11) is 3.56. The zero-order valence-electron chi connectivity index (χ0n) is 17.5. The minimum absolute atomic E-state index is 0. The van der Waals surface area contributed by atoms with Crippen LogP contribution < -0.4 is 9.64 Å². The maximum Gasteiger partial charge on any atom is 0.136 e. The van der Waals surface area contributed by atoms with Crippen LogP contribution in [0.3, 0.4) is 0 Å². The molecule has 0 bridgehead atoms. The number of halogens is 2. The van der Waals surface area contributed by atoms with Gasteiger partial charge in [-0.25, -0.2) is 9.37 Å². The molecule has 2 aromatic heterocycles. The predicted molar refractivity (Wildman–Crippen MR) is 119 cm³/mol. The lowest BCUT2D eigenvalue weighted by atomic mass is 10.0. The van der Waals surface area contributed by atoms with Gasteiger partial charge in [-0.15, -0.1) is 12.4 Å². The Morgan fingerprint density at radius 3 is 2.53 bits per heavy atom. The largest absolute Gasteiger partial charge is 0.496 e. The number of aromatic nitrogens is 3. The van der Waals surface area contributed by atoms with Crippen LogP contribution in [0.5, 0.6) is 5.75 Å². The Morgan fingerprint density at radius 1 is 1.10 bits per heavy atom. The lowest BCUT2D eigenvalue weighted by Crippen LogP contribution is -2.46. The van der Waals surface area contributed by atoms with Gasteiger partial charge in [-0.3, -0.25) is 9.58 Å². The van der Waals surface area contributed by atoms with Gasteiger partial charge in [0.05, 0.1) is 12.8 Å². The van der Waals surface area contributed by atoms with Gasteiger partial charge in [0.25, 0.3) is 0 Å². The summed E-state index contributed by atoms with van der Waals surface area (Å²) in [4.78, 5) is 9.33. The Morgan fingerprint density at radius 2 is 1.87 bits per heavy atom. The van der Waals surface area contributed by atoms with Crippen LogP contribution in [0.4, 0.5) is 10.2 Å². The summed E-state index contributed by atoms with van der Waals surface area (Å²) in [6.45, 7) is 6.55. The summed E-state index contributed by atoms with van der Waals surface area (Å²) in [6, 6.07) is 8.45. The van der Waals surface area contributed by atoms with Crippen molar-refractivity contribution in [2.45, 2.75) is 13.5 Å². The SMILES string of the molecule is COc1ccc(F)cc1-c1cccnc1N1CCN(Cc2cn(C)nc2C)CC1.Cl. The third-order valence-electron chi connectivity index (χ3n) is 5.42. The summed E-state index contributed by atoms with van der Waals surface area (Å²) in [5.74, 6) is 1.23. The molecule has 0 unspecified atom stereocenters. The van der Waals surface area contributed by atoms with Crippen molar-refractivity contribution in [3.8, 4) is 16.9 Å². The second kappa shape index (κ2) is 9.45. The van der Waals surface area contributed by atoms with Crippen LogP contribution in [0.1, 0.15) is 11.3 Å². The Bertz CT molecular complexity index is 1000. The van der Waals surface area contributed by atoms with Gasteiger partial charge in [-0.1, -0.05) is 0 Å². The van der Waals surface area contributed by atoms with E-state index in [4.69, 9.17) is 4.74 Å². The molecule has 0 amide bonds. The Hall–Kier alpha value is -2.64. The maximum absolute atomic E-state index is 13.9. The molecule has 3 heterocycles. The molecule has 0 spiro atoms. The molecule has 0 aliphatic carbocycles. The number of aryl methyl sites for hydroxylation is 2. The third kappa shape index (κ3) is 4.57. The van der Waals surface area contributed by atoms with E-state index < -0.39 is 0 Å². The van der Waals surface area contributed by atoms with Gasteiger partial charge in [0.2, 0.25) is 0 Å². The first-order valence-corrected chi connectivity index (χ1v) is 9.80. The van der Waals surface area contributed by atoms with Gasteiger partial charge in [-0.2, -0.15) is 5.10 Å². The zero-order chi connectivity index (χ0) is 20.4. The number of hydrogen-bond acceptors (Lipinski definition) is 5. The summed E-state index contributed by atoms with van der Waals surface area (Å²) < 4.78 is 21.3. The summed E-state index contributed by atoms with van der Waals surface area (Å²) >= 11 is 0. The zero-order valence-corrected chi connectivity index (χ0v) is 18.3. The van der Waals surface area contributed by atoms with Crippen LogP contribution in [-0.4, -0.2) is 53.0 Å². The van der Waals surface area contributed by atoms with Crippen LogP contribution in [0, 0.1) is 12.7 Å². The summed E-state index contributed by atoms with van der Waals surface area (Å²) in [5.41, 5.74) is 3.97. The molecule has 1 saturated heterocycles. The fourth-order valence-electron chi connectivity index (χ4n) is 3.91. The quantitative estimate of drug-likeness (QED) is 0.616. The third-order valence-corrected chi connectivity index (χ3v) is 5.42. The number of ether oxygens (including phenoxy) is 1. The van der Waals surface area contributed by atoms with Crippen molar-refractivity contribution in [2.75, 3.05) is 38.2 Å². The molecule has 1 aliphatic rings. The Kier molecular flexibility index (Phi) is 6.95. The van der Waals surface area contributed by atoms with Gasteiger partial charge < -0.3 is 9.64 Å². The molecule has 1 aromatic carbocycles. The first kappa shape index (κ1) is 22.1. The molecule has 4 rings (SSSR count). The number of methoxy groups -OCH3 is 1. The molecule has 1 aliphatic heterocycles. The van der Waals surface area contributed by atoms with Gasteiger partial charge in [0.1, 0.15) is 17.4 Å². The van der Waals surface area contributed by atoms with Gasteiger partial charge >= 0.3 is 0 Å². The minimum Gasteiger partial charge on any atom is -0.496 e. The number of rotatable bonds is 5. The number of hydrogen-bond donors (Lipinski definition) is 0. The van der Waals surface area contributed by atoms with Crippen molar-refractivity contribution in [3.05, 3.63) is 59.8 Å². The van der Waals surface area contributed by atoms with Crippen molar-refractivity contribution >= 4 is 18.2 Å². The highest BCUT2D eigenvalue weighted by Crippen LogP contribution is 2.36. The highest BCUT2D eigenvalue weighted by Gasteiger charge is 2.22. The lowest BCUT2D eigenvalue weighted by molar-refractivity contribution is 0.249. The van der Waals surface area contributed by atoms with Gasteiger partial charge in [0, 0.05) is 68.9 Å². The smallest absolute Gasteiger partial charge is 0.136 e. The summed E-state index contributed by atoms with van der Waals surface area (Å²) in [5, 5.41) is 4.43. The lowest BCUT2D eigenvalue weighted by Gasteiger charge is -2.36. The first-order chi connectivity index (χ1) is 14.0. The highest BCUT2D eigenvalue weighted by molar-refractivity contribution is 5.85. The van der Waals surface area contributed by atoms with Crippen molar-refractivity contribution in [2.24, 2.45) is 7.05 Å². The Balaban J connectivity index is 0.00000256. The molecule has 0 radical (unpaired) electrons. The van der Waals surface area contributed by atoms with E-state index >= 15 is 0 Å². The van der Waals surface area contributed by atoms with E-state index in [0.29, 0.717) is 5.75 Å². The monoisotopic (exact) mass is 431 g/mol. The fourth-order valence-corrected chi connectivity index (χ4v) is 3.91. The number of benzene rings is 1. The van der Waals surface area contributed by atoms with Crippen molar-refractivity contribution in [1.29, 1.82) is 0 Å². The molecule has 6 nitrogen and oxygen atoms in total. The van der Waals surface area contributed by atoms with Crippen LogP contribution in [0.15, 0.2) is 42.7 Å². The molecular formula is C22H27ClFN5O. The summed E-state index contributed by atoms with van der Waals surface area (Å²) in [6.07, 6.45) is 3.88. The predicted octanol–water partition coefficient (Wildman–Crippen LogP) is 3.68. The number of pyridine rings is 1. The van der Waals surface area contributed by atoms with Gasteiger partial charge in [-0.05, 0) is 37.3 Å². The number of nitrogens with zero attached hydrogens (tertiary/aromatic N) is 5. The molecule has 0 atom stereocenters. The van der Waals surface area contributed by atoms with Crippen LogP contribution in [0.2, 0.25) is 0 Å². The molecular weight excluding hydrogens is 405 g/mol. The molecule has 3 aromatic rings. The van der Waals surface area contributed by atoms with Crippen LogP contribution in [0.25, 0.3) is 11.1 Å². The van der Waals surface area contributed by atoms with Gasteiger partial charge in [0.15, 0.2) is 0 Å². The van der Waals surface area contributed by atoms with E-state index in [0.717, 1.165) is 55.4 Å². The van der Waals surface area contributed by atoms with Crippen LogP contribution >= 0.6 is 12.4 Å². The van der Waals surface area contributed by atoms with E-state index in [1.165, 1.54) is 17.7 Å². The highest BCUT2D eigenvalue weighted by atomic mass is 35.5. The maximum atomic E-state index is 13.9. The van der Waals surface area contributed by atoms with E-state index in [2.05, 4.69) is 33.0 Å². The molecule has 160 valence electrons. The second-order valence-corrected chi connectivity index (χ2v) is 7.40. The minimum atomic E-state index is -0.285. The standard InChI is InChI=1S/C22H26FN5O.ClH/c1-16-17(14-26(2)25-16)15-27-9-11-28(12-10-27)22-19(5-4-8-24-22)20-13-18(23)6-7-21(20)29-3;/h4-8,13-14H,9-12,15H2,1-3H3;1H. The number of piperazine rings is 1. The molecule has 8 heteroatoms. The molecule has 0 saturated carbocycles. The first-order valence-electron chi connectivity index (χ1n) is 9.80. The topological polar surface area (TPSA) is 46.4 Å². The molecule has 1 fully saturated rings. The number of anilines is 1. The fraction of sp³-hybridized carbons (Fsp3) is 0.364.